The first-order chi connectivity index (χ1) is 13.6. The third-order valence-corrected chi connectivity index (χ3v) is 4.52. The highest BCUT2D eigenvalue weighted by Crippen LogP contribution is 2.22. The number of nitrogens with one attached hydrogen (secondary N) is 1. The van der Waals surface area contributed by atoms with E-state index in [2.05, 4.69) is 10.2 Å². The van der Waals surface area contributed by atoms with Crippen LogP contribution in [0.25, 0.3) is 6.08 Å². The van der Waals surface area contributed by atoms with Gasteiger partial charge in [-0.3, -0.25) is 4.79 Å². The molecule has 0 unspecified atom stereocenters. The van der Waals surface area contributed by atoms with Gasteiger partial charge >= 0.3 is 0 Å². The number of halogens is 2. The maximum atomic E-state index is 13.6. The zero-order valence-corrected chi connectivity index (χ0v) is 15.3. The number of aliphatic hydroxyl groups is 1. The van der Waals surface area contributed by atoms with Crippen LogP contribution in [0.15, 0.2) is 48.5 Å². The average Bonchev–Trinajstić information content (AvgIpc) is 2.72. The van der Waals surface area contributed by atoms with E-state index in [1.807, 2.05) is 24.3 Å². The first-order valence-corrected chi connectivity index (χ1v) is 9.04. The number of carbonyl (C=O) groups excluding carboxylic acids is 1. The lowest BCUT2D eigenvalue weighted by Gasteiger charge is -2.29. The number of benzene rings is 2. The highest BCUT2D eigenvalue weighted by atomic mass is 19.1. The number of nitrogens with zero attached hydrogens (tertiary/aromatic N) is 1. The van der Waals surface area contributed by atoms with Crippen molar-refractivity contribution in [1.29, 1.82) is 0 Å². The van der Waals surface area contributed by atoms with Gasteiger partial charge < -0.3 is 20.1 Å². The highest BCUT2D eigenvalue weighted by Gasteiger charge is 2.16. The second kappa shape index (κ2) is 9.43. The van der Waals surface area contributed by atoms with E-state index >= 15 is 0 Å². The third-order valence-electron chi connectivity index (χ3n) is 4.52. The number of rotatable bonds is 6. The molecule has 2 N–H and O–H groups in total. The van der Waals surface area contributed by atoms with Gasteiger partial charge in [-0.15, -0.1) is 0 Å². The van der Waals surface area contributed by atoms with Crippen molar-refractivity contribution in [1.82, 2.24) is 5.32 Å². The summed E-state index contributed by atoms with van der Waals surface area (Å²) in [5.41, 5.74) is 1.87. The SMILES string of the molecule is O=C(/C=C/c1ccc(F)cc1F)N[C@H](CO)c1cccc(N2CCOCC2)c1. The molecule has 0 aromatic heterocycles. The topological polar surface area (TPSA) is 61.8 Å². The number of hydrogen-bond acceptors (Lipinski definition) is 4. The van der Waals surface area contributed by atoms with Crippen LogP contribution in [0.5, 0.6) is 0 Å². The Bertz CT molecular complexity index is 851. The van der Waals surface area contributed by atoms with Crippen molar-refractivity contribution in [2.24, 2.45) is 0 Å². The minimum Gasteiger partial charge on any atom is -0.394 e. The molecule has 0 radical (unpaired) electrons. The molecule has 1 saturated heterocycles. The molecule has 0 spiro atoms. The fourth-order valence-electron chi connectivity index (χ4n) is 3.02. The van der Waals surface area contributed by atoms with Gasteiger partial charge in [0.15, 0.2) is 0 Å². The molecule has 1 aliphatic heterocycles. The summed E-state index contributed by atoms with van der Waals surface area (Å²) >= 11 is 0. The summed E-state index contributed by atoms with van der Waals surface area (Å²) in [5.74, 6) is -1.92. The summed E-state index contributed by atoms with van der Waals surface area (Å²) in [4.78, 5) is 14.4. The predicted molar refractivity (Wildman–Crippen MR) is 103 cm³/mol. The van der Waals surface area contributed by atoms with E-state index in [4.69, 9.17) is 4.74 Å². The molecule has 2 aromatic carbocycles. The van der Waals surface area contributed by atoms with Crippen molar-refractivity contribution in [2.45, 2.75) is 6.04 Å². The summed E-state index contributed by atoms with van der Waals surface area (Å²) in [5, 5.41) is 12.4. The number of aliphatic hydroxyl groups excluding tert-OH is 1. The third kappa shape index (κ3) is 5.15. The molecule has 0 bridgehead atoms. The second-order valence-corrected chi connectivity index (χ2v) is 6.44. The first-order valence-electron chi connectivity index (χ1n) is 9.04. The summed E-state index contributed by atoms with van der Waals surface area (Å²) in [6, 6.07) is 10.1. The normalized spacial score (nSPS) is 15.6. The number of carbonyl (C=O) groups is 1. The lowest BCUT2D eigenvalue weighted by Crippen LogP contribution is -2.36. The molecule has 0 saturated carbocycles. The van der Waals surface area contributed by atoms with E-state index in [0.717, 1.165) is 42.5 Å². The van der Waals surface area contributed by atoms with Crippen molar-refractivity contribution in [3.8, 4) is 0 Å². The number of hydrogen-bond donors (Lipinski definition) is 2. The lowest BCUT2D eigenvalue weighted by atomic mass is 10.1. The summed E-state index contributed by atoms with van der Waals surface area (Å²) in [7, 11) is 0. The van der Waals surface area contributed by atoms with Crippen molar-refractivity contribution < 1.29 is 23.4 Å². The molecule has 1 fully saturated rings. The molecule has 1 aliphatic rings. The minimum absolute atomic E-state index is 0.103. The first kappa shape index (κ1) is 20.0. The monoisotopic (exact) mass is 388 g/mol. The molecule has 1 heterocycles. The Morgan fingerprint density at radius 1 is 1.21 bits per heavy atom. The highest BCUT2D eigenvalue weighted by molar-refractivity contribution is 5.92. The molecule has 5 nitrogen and oxygen atoms in total. The molecule has 3 rings (SSSR count). The largest absolute Gasteiger partial charge is 0.394 e. The van der Waals surface area contributed by atoms with Gasteiger partial charge in [-0.1, -0.05) is 12.1 Å². The molecular formula is C21H22F2N2O3. The van der Waals surface area contributed by atoms with Gasteiger partial charge in [0.05, 0.1) is 25.9 Å². The van der Waals surface area contributed by atoms with Crippen molar-refractivity contribution >= 4 is 17.7 Å². The fourth-order valence-corrected chi connectivity index (χ4v) is 3.02. The van der Waals surface area contributed by atoms with Gasteiger partial charge in [-0.2, -0.15) is 0 Å². The van der Waals surface area contributed by atoms with Crippen molar-refractivity contribution in [3.05, 3.63) is 71.3 Å². The van der Waals surface area contributed by atoms with E-state index in [-0.39, 0.29) is 12.2 Å². The predicted octanol–water partition coefficient (Wildman–Crippen LogP) is 2.66. The van der Waals surface area contributed by atoms with Crippen molar-refractivity contribution in [2.75, 3.05) is 37.8 Å². The maximum Gasteiger partial charge on any atom is 0.244 e. The van der Waals surface area contributed by atoms with Gasteiger partial charge in [0.25, 0.3) is 0 Å². The zero-order chi connectivity index (χ0) is 19.9. The van der Waals surface area contributed by atoms with E-state index in [0.29, 0.717) is 13.2 Å². The van der Waals surface area contributed by atoms with Crippen LogP contribution in [0.1, 0.15) is 17.2 Å². The van der Waals surface area contributed by atoms with E-state index in [1.54, 1.807) is 0 Å². The fraction of sp³-hybridized carbons (Fsp3) is 0.286. The Balaban J connectivity index is 1.67. The van der Waals surface area contributed by atoms with Gasteiger partial charge in [0, 0.05) is 36.5 Å². The second-order valence-electron chi connectivity index (χ2n) is 6.44. The van der Waals surface area contributed by atoms with Crippen LogP contribution in [0.3, 0.4) is 0 Å². The quantitative estimate of drug-likeness (QED) is 0.747. The van der Waals surface area contributed by atoms with Crippen molar-refractivity contribution in [3.63, 3.8) is 0 Å². The summed E-state index contributed by atoms with van der Waals surface area (Å²) in [6.45, 7) is 2.61. The minimum atomic E-state index is -0.749. The number of anilines is 1. The Kier molecular flexibility index (Phi) is 6.73. The maximum absolute atomic E-state index is 13.6. The molecule has 148 valence electrons. The van der Waals surface area contributed by atoms with Crippen LogP contribution in [-0.2, 0) is 9.53 Å². The zero-order valence-electron chi connectivity index (χ0n) is 15.3. The molecule has 28 heavy (non-hydrogen) atoms. The van der Waals surface area contributed by atoms with E-state index < -0.39 is 23.6 Å². The average molecular weight is 388 g/mol. The standard InChI is InChI=1S/C21H22F2N2O3/c22-17-6-4-15(19(23)13-17)5-7-21(27)24-20(14-26)16-2-1-3-18(12-16)25-8-10-28-11-9-25/h1-7,12-13,20,26H,8-11,14H2,(H,24,27)/b7-5+/t20-/m1/s1. The lowest BCUT2D eigenvalue weighted by molar-refractivity contribution is -0.117. The Morgan fingerprint density at radius 2 is 2.00 bits per heavy atom. The van der Waals surface area contributed by atoms with Gasteiger partial charge in [-0.05, 0) is 35.9 Å². The molecule has 7 heteroatoms. The molecule has 1 atom stereocenters. The number of amides is 1. The van der Waals surface area contributed by atoms with Crippen LogP contribution < -0.4 is 10.2 Å². The molecule has 2 aromatic rings. The van der Waals surface area contributed by atoms with E-state index in [9.17, 15) is 18.7 Å². The summed E-state index contributed by atoms with van der Waals surface area (Å²) < 4.78 is 31.9. The molecule has 0 aliphatic carbocycles. The Morgan fingerprint density at radius 3 is 2.71 bits per heavy atom. The Hall–Kier alpha value is -2.77. The summed E-state index contributed by atoms with van der Waals surface area (Å²) in [6.07, 6.45) is 2.42. The van der Waals surface area contributed by atoms with Crippen LogP contribution in [0.4, 0.5) is 14.5 Å². The number of morpholine rings is 1. The molecule has 1 amide bonds. The van der Waals surface area contributed by atoms with Crippen LogP contribution >= 0.6 is 0 Å². The van der Waals surface area contributed by atoms with Crippen LogP contribution in [-0.4, -0.2) is 43.9 Å². The van der Waals surface area contributed by atoms with E-state index in [1.165, 1.54) is 12.1 Å². The number of ether oxygens (including phenoxy) is 1. The van der Waals surface area contributed by atoms with Gasteiger partial charge in [0.2, 0.25) is 5.91 Å². The molecular weight excluding hydrogens is 366 g/mol. The smallest absolute Gasteiger partial charge is 0.244 e. The van der Waals surface area contributed by atoms with Gasteiger partial charge in [-0.25, -0.2) is 8.78 Å². The van der Waals surface area contributed by atoms with Crippen LogP contribution in [0.2, 0.25) is 0 Å². The Labute approximate surface area is 162 Å². The van der Waals surface area contributed by atoms with Crippen LogP contribution in [0, 0.1) is 11.6 Å². The van der Waals surface area contributed by atoms with Gasteiger partial charge in [0.1, 0.15) is 11.6 Å².